The molecule has 0 unspecified atom stereocenters. The minimum absolute atomic E-state index is 0.0704. The Morgan fingerprint density at radius 3 is 2.58 bits per heavy atom. The molecule has 7 heteroatoms. The van der Waals surface area contributed by atoms with Gasteiger partial charge in [0.15, 0.2) is 0 Å². The number of nitrogens with one attached hydrogen (secondary N) is 2. The molecule has 2 N–H and O–H groups in total. The van der Waals surface area contributed by atoms with Gasteiger partial charge < -0.3 is 10.3 Å². The highest BCUT2D eigenvalue weighted by Crippen LogP contribution is 2.35. The number of amides is 1. The Balaban J connectivity index is 1.70. The van der Waals surface area contributed by atoms with Crippen LogP contribution in [0.5, 0.6) is 0 Å². The van der Waals surface area contributed by atoms with E-state index in [4.69, 9.17) is 23.2 Å². The van der Waals surface area contributed by atoms with E-state index < -0.39 is 0 Å². The summed E-state index contributed by atoms with van der Waals surface area (Å²) in [6.45, 7) is 1.84. The first-order chi connectivity index (χ1) is 14.9. The Morgan fingerprint density at radius 2 is 1.81 bits per heavy atom. The van der Waals surface area contributed by atoms with Crippen molar-refractivity contribution in [3.8, 4) is 11.1 Å². The molecule has 1 amide bonds. The van der Waals surface area contributed by atoms with Crippen molar-refractivity contribution in [2.45, 2.75) is 11.8 Å². The normalized spacial score (nSPS) is 10.9. The number of rotatable bonds is 5. The fourth-order valence-electron chi connectivity index (χ4n) is 3.34. The molecule has 156 valence electrons. The van der Waals surface area contributed by atoms with Gasteiger partial charge in [0.05, 0.1) is 10.6 Å². The number of hydrogen-bond acceptors (Lipinski definition) is 3. The predicted octanol–water partition coefficient (Wildman–Crippen LogP) is 6.54. The van der Waals surface area contributed by atoms with E-state index in [1.165, 1.54) is 11.8 Å². The van der Waals surface area contributed by atoms with E-state index >= 15 is 0 Å². The first-order valence-electron chi connectivity index (χ1n) is 9.53. The summed E-state index contributed by atoms with van der Waals surface area (Å²) in [5.74, 6) is -0.152. The summed E-state index contributed by atoms with van der Waals surface area (Å²) in [6, 6.07) is 20.3. The van der Waals surface area contributed by atoms with Gasteiger partial charge in [-0.1, -0.05) is 59.6 Å². The number of benzene rings is 3. The van der Waals surface area contributed by atoms with E-state index in [2.05, 4.69) is 10.3 Å². The lowest BCUT2D eigenvalue weighted by Gasteiger charge is -2.13. The number of anilines is 1. The van der Waals surface area contributed by atoms with E-state index in [1.807, 2.05) is 43.3 Å². The van der Waals surface area contributed by atoms with Crippen LogP contribution in [0.2, 0.25) is 10.0 Å². The SMILES string of the molecule is Cc1c(Cl)cccc1NC(=O)CSc1c(-c2ccccc2)c2cc(Cl)ccc2[nH]c1=O. The molecule has 0 bridgehead atoms. The van der Waals surface area contributed by atoms with E-state index in [-0.39, 0.29) is 17.2 Å². The van der Waals surface area contributed by atoms with Crippen molar-refractivity contribution < 1.29 is 4.79 Å². The van der Waals surface area contributed by atoms with Crippen LogP contribution in [-0.2, 0) is 4.79 Å². The topological polar surface area (TPSA) is 62.0 Å². The largest absolute Gasteiger partial charge is 0.325 e. The lowest BCUT2D eigenvalue weighted by Crippen LogP contribution is -2.17. The summed E-state index contributed by atoms with van der Waals surface area (Å²) in [5, 5.41) is 4.85. The zero-order valence-corrected chi connectivity index (χ0v) is 18.9. The van der Waals surface area contributed by atoms with Crippen LogP contribution in [0.1, 0.15) is 5.56 Å². The summed E-state index contributed by atoms with van der Waals surface area (Å²) in [4.78, 5) is 28.9. The Labute approximate surface area is 193 Å². The van der Waals surface area contributed by atoms with Crippen LogP contribution in [0, 0.1) is 6.92 Å². The fourth-order valence-corrected chi connectivity index (χ4v) is 4.59. The maximum Gasteiger partial charge on any atom is 0.262 e. The first-order valence-corrected chi connectivity index (χ1v) is 11.3. The molecule has 0 spiro atoms. The summed E-state index contributed by atoms with van der Waals surface area (Å²) in [6.07, 6.45) is 0. The minimum Gasteiger partial charge on any atom is -0.325 e. The monoisotopic (exact) mass is 468 g/mol. The molecule has 0 aliphatic rings. The number of pyridine rings is 1. The van der Waals surface area contributed by atoms with Crippen molar-refractivity contribution in [3.05, 3.63) is 92.7 Å². The Kier molecular flexibility index (Phi) is 6.37. The van der Waals surface area contributed by atoms with Gasteiger partial charge in [-0.3, -0.25) is 9.59 Å². The minimum atomic E-state index is -0.245. The van der Waals surface area contributed by atoms with E-state index in [1.54, 1.807) is 30.3 Å². The molecular weight excluding hydrogens is 451 g/mol. The molecule has 1 heterocycles. The Bertz CT molecular complexity index is 1340. The highest BCUT2D eigenvalue weighted by Gasteiger charge is 2.17. The number of thioether (sulfide) groups is 1. The number of halogens is 2. The molecule has 0 saturated carbocycles. The molecule has 1 aromatic heterocycles. The van der Waals surface area contributed by atoms with E-state index in [9.17, 15) is 9.59 Å². The van der Waals surface area contributed by atoms with Gasteiger partial charge in [0, 0.05) is 32.2 Å². The Hall–Kier alpha value is -2.73. The van der Waals surface area contributed by atoms with Gasteiger partial charge >= 0.3 is 0 Å². The Morgan fingerprint density at radius 1 is 1.03 bits per heavy atom. The average molecular weight is 469 g/mol. The zero-order valence-electron chi connectivity index (χ0n) is 16.5. The lowest BCUT2D eigenvalue weighted by atomic mass is 10.0. The summed E-state index contributed by atoms with van der Waals surface area (Å²) in [5.41, 5.74) is 3.54. The fraction of sp³-hybridized carbons (Fsp3) is 0.0833. The maximum absolute atomic E-state index is 12.9. The third-order valence-corrected chi connectivity index (χ3v) is 6.61. The molecule has 4 nitrogen and oxygen atoms in total. The highest BCUT2D eigenvalue weighted by molar-refractivity contribution is 8.00. The third-order valence-electron chi connectivity index (χ3n) is 4.88. The van der Waals surface area contributed by atoms with Gasteiger partial charge in [-0.05, 0) is 48.4 Å². The molecule has 3 aromatic carbocycles. The van der Waals surface area contributed by atoms with Crippen LogP contribution >= 0.6 is 35.0 Å². The molecule has 4 rings (SSSR count). The molecule has 0 aliphatic heterocycles. The zero-order chi connectivity index (χ0) is 22.0. The van der Waals surface area contributed by atoms with Gasteiger partial charge in [0.2, 0.25) is 5.91 Å². The van der Waals surface area contributed by atoms with Crippen molar-refractivity contribution >= 4 is 57.5 Å². The highest BCUT2D eigenvalue weighted by atomic mass is 35.5. The van der Waals surface area contributed by atoms with Gasteiger partial charge in [-0.2, -0.15) is 0 Å². The van der Waals surface area contributed by atoms with Crippen LogP contribution in [0.15, 0.2) is 76.4 Å². The number of carbonyl (C=O) groups excluding carboxylic acids is 1. The molecule has 0 fully saturated rings. The van der Waals surface area contributed by atoms with Gasteiger partial charge in [0.25, 0.3) is 5.56 Å². The van der Waals surface area contributed by atoms with Crippen molar-refractivity contribution in [3.63, 3.8) is 0 Å². The van der Waals surface area contributed by atoms with Crippen LogP contribution in [-0.4, -0.2) is 16.6 Å². The van der Waals surface area contributed by atoms with Crippen LogP contribution < -0.4 is 10.9 Å². The maximum atomic E-state index is 12.9. The summed E-state index contributed by atoms with van der Waals surface area (Å²) in [7, 11) is 0. The summed E-state index contributed by atoms with van der Waals surface area (Å²) >= 11 is 13.6. The first kappa shape index (κ1) is 21.5. The second-order valence-electron chi connectivity index (χ2n) is 6.96. The van der Waals surface area contributed by atoms with Crippen molar-refractivity contribution in [2.24, 2.45) is 0 Å². The second kappa shape index (κ2) is 9.18. The van der Waals surface area contributed by atoms with Crippen LogP contribution in [0.3, 0.4) is 0 Å². The number of fused-ring (bicyclic) bond motifs is 1. The number of carbonyl (C=O) groups is 1. The standard InChI is InChI=1S/C24H18Cl2N2O2S/c1-14-18(26)8-5-9-19(14)27-21(29)13-31-23-22(15-6-3-2-4-7-15)17-12-16(25)10-11-20(17)28-24(23)30/h2-12H,13H2,1H3,(H,27,29)(H,28,30). The molecule has 0 radical (unpaired) electrons. The van der Waals surface area contributed by atoms with Gasteiger partial charge in [-0.15, -0.1) is 11.8 Å². The molecule has 0 saturated heterocycles. The van der Waals surface area contributed by atoms with Crippen LogP contribution in [0.4, 0.5) is 5.69 Å². The average Bonchev–Trinajstić information content (AvgIpc) is 2.76. The van der Waals surface area contributed by atoms with E-state index in [0.717, 1.165) is 22.1 Å². The molecule has 0 atom stereocenters. The quantitative estimate of drug-likeness (QED) is 0.326. The molecule has 4 aromatic rings. The third kappa shape index (κ3) is 4.64. The summed E-state index contributed by atoms with van der Waals surface area (Å²) < 4.78 is 0. The molecule has 0 aliphatic carbocycles. The number of H-pyrrole nitrogens is 1. The van der Waals surface area contributed by atoms with Crippen molar-refractivity contribution in [1.29, 1.82) is 0 Å². The second-order valence-corrected chi connectivity index (χ2v) is 8.79. The van der Waals surface area contributed by atoms with Gasteiger partial charge in [0.1, 0.15) is 0 Å². The van der Waals surface area contributed by atoms with Gasteiger partial charge in [-0.25, -0.2) is 0 Å². The number of aromatic amines is 1. The number of aromatic nitrogens is 1. The molecular formula is C24H18Cl2N2O2S. The van der Waals surface area contributed by atoms with E-state index in [0.29, 0.717) is 26.1 Å². The van der Waals surface area contributed by atoms with Crippen molar-refractivity contribution in [2.75, 3.05) is 11.1 Å². The number of hydrogen-bond donors (Lipinski definition) is 2. The van der Waals surface area contributed by atoms with Crippen molar-refractivity contribution in [1.82, 2.24) is 4.98 Å². The van der Waals surface area contributed by atoms with Crippen LogP contribution in [0.25, 0.3) is 22.0 Å². The smallest absolute Gasteiger partial charge is 0.262 e. The lowest BCUT2D eigenvalue weighted by molar-refractivity contribution is -0.113. The molecule has 31 heavy (non-hydrogen) atoms. The predicted molar refractivity (Wildman–Crippen MR) is 131 cm³/mol.